The van der Waals surface area contributed by atoms with Gasteiger partial charge in [-0.25, -0.2) is 13.1 Å². The van der Waals surface area contributed by atoms with Gasteiger partial charge in [-0.2, -0.15) is 0 Å². The van der Waals surface area contributed by atoms with Crippen molar-refractivity contribution in [2.75, 3.05) is 19.8 Å². The van der Waals surface area contributed by atoms with E-state index in [0.717, 1.165) is 22.3 Å². The van der Waals surface area contributed by atoms with Crippen molar-refractivity contribution in [1.29, 1.82) is 0 Å². The van der Waals surface area contributed by atoms with E-state index in [1.54, 1.807) is 13.0 Å². The van der Waals surface area contributed by atoms with Crippen LogP contribution in [0, 0.1) is 27.7 Å². The Bertz CT molecular complexity index is 845. The van der Waals surface area contributed by atoms with Crippen molar-refractivity contribution < 1.29 is 18.3 Å². The molecule has 26 heavy (non-hydrogen) atoms. The van der Waals surface area contributed by atoms with Gasteiger partial charge in [0.25, 0.3) is 0 Å². The Morgan fingerprint density at radius 1 is 1.00 bits per heavy atom. The molecule has 2 aromatic rings. The van der Waals surface area contributed by atoms with Gasteiger partial charge in [-0.15, -0.1) is 0 Å². The van der Waals surface area contributed by atoms with Crippen molar-refractivity contribution in [3.05, 3.63) is 64.2 Å². The highest BCUT2D eigenvalue weighted by Crippen LogP contribution is 2.22. The van der Waals surface area contributed by atoms with Gasteiger partial charge in [-0.3, -0.25) is 0 Å². The lowest BCUT2D eigenvalue weighted by Gasteiger charge is -2.19. The Kier molecular flexibility index (Phi) is 6.94. The van der Waals surface area contributed by atoms with Gasteiger partial charge in [-0.05, 0) is 56.0 Å². The fourth-order valence-corrected chi connectivity index (χ4v) is 4.08. The molecule has 0 heterocycles. The van der Waals surface area contributed by atoms with Crippen LogP contribution >= 0.6 is 0 Å². The molecule has 6 heteroatoms. The van der Waals surface area contributed by atoms with Gasteiger partial charge in [-0.1, -0.05) is 35.9 Å². The lowest BCUT2D eigenvalue weighted by Crippen LogP contribution is -2.30. The molecule has 2 rings (SSSR count). The predicted molar refractivity (Wildman–Crippen MR) is 103 cm³/mol. The van der Waals surface area contributed by atoms with E-state index in [0.29, 0.717) is 5.56 Å². The Morgan fingerprint density at radius 3 is 2.23 bits per heavy atom. The van der Waals surface area contributed by atoms with Gasteiger partial charge < -0.3 is 9.84 Å². The second kappa shape index (κ2) is 8.77. The molecule has 1 unspecified atom stereocenters. The molecule has 0 saturated heterocycles. The third-order valence-corrected chi connectivity index (χ3v) is 5.96. The van der Waals surface area contributed by atoms with Gasteiger partial charge in [0.15, 0.2) is 0 Å². The third-order valence-electron chi connectivity index (χ3n) is 4.40. The van der Waals surface area contributed by atoms with Crippen molar-refractivity contribution in [1.82, 2.24) is 4.72 Å². The zero-order valence-corrected chi connectivity index (χ0v) is 16.6. The van der Waals surface area contributed by atoms with E-state index in [4.69, 9.17) is 9.84 Å². The second-order valence-corrected chi connectivity index (χ2v) is 8.28. The molecule has 0 amide bonds. The molecule has 2 aromatic carbocycles. The topological polar surface area (TPSA) is 75.6 Å². The summed E-state index contributed by atoms with van der Waals surface area (Å²) < 4.78 is 33.8. The monoisotopic (exact) mass is 377 g/mol. The smallest absolute Gasteiger partial charge is 0.240 e. The molecule has 0 aliphatic heterocycles. The quantitative estimate of drug-likeness (QED) is 0.742. The van der Waals surface area contributed by atoms with E-state index >= 15 is 0 Å². The van der Waals surface area contributed by atoms with Crippen molar-refractivity contribution in [2.24, 2.45) is 0 Å². The van der Waals surface area contributed by atoms with Gasteiger partial charge in [0, 0.05) is 6.54 Å². The molecule has 0 radical (unpaired) electrons. The van der Waals surface area contributed by atoms with Crippen LogP contribution in [0.3, 0.4) is 0 Å². The average Bonchev–Trinajstić information content (AvgIpc) is 2.59. The van der Waals surface area contributed by atoms with Crippen LogP contribution < -0.4 is 4.72 Å². The number of sulfonamides is 1. The zero-order valence-electron chi connectivity index (χ0n) is 15.7. The average molecular weight is 378 g/mol. The predicted octanol–water partition coefficient (Wildman–Crippen LogP) is 2.95. The van der Waals surface area contributed by atoms with Crippen molar-refractivity contribution in [2.45, 2.75) is 38.7 Å². The van der Waals surface area contributed by atoms with E-state index in [1.807, 2.05) is 51.1 Å². The molecule has 2 N–H and O–H groups in total. The summed E-state index contributed by atoms with van der Waals surface area (Å²) in [5.74, 6) is 0. The van der Waals surface area contributed by atoms with Crippen molar-refractivity contribution in [3.63, 3.8) is 0 Å². The lowest BCUT2D eigenvalue weighted by atomic mass is 10.1. The van der Waals surface area contributed by atoms with Crippen molar-refractivity contribution >= 4 is 10.0 Å². The third kappa shape index (κ3) is 5.14. The number of aryl methyl sites for hydroxylation is 4. The molecule has 0 fully saturated rings. The fourth-order valence-electron chi connectivity index (χ4n) is 2.74. The first-order chi connectivity index (χ1) is 12.2. The number of benzene rings is 2. The van der Waals surface area contributed by atoms with Crippen LogP contribution in [0.25, 0.3) is 0 Å². The van der Waals surface area contributed by atoms with Crippen LogP contribution in [-0.2, 0) is 14.8 Å². The number of hydrogen-bond donors (Lipinski definition) is 2. The van der Waals surface area contributed by atoms with Crippen LogP contribution in [-0.4, -0.2) is 33.3 Å². The molecule has 0 aliphatic carbocycles. The zero-order chi connectivity index (χ0) is 19.3. The first-order valence-corrected chi connectivity index (χ1v) is 10.1. The summed E-state index contributed by atoms with van der Waals surface area (Å²) in [6.07, 6.45) is -0.468. The molecule has 0 bridgehead atoms. The van der Waals surface area contributed by atoms with Crippen LogP contribution in [0.4, 0.5) is 0 Å². The highest BCUT2D eigenvalue weighted by atomic mass is 32.2. The Labute approximate surface area is 156 Å². The molecular weight excluding hydrogens is 350 g/mol. The van der Waals surface area contributed by atoms with E-state index in [1.165, 1.54) is 0 Å². The minimum Gasteiger partial charge on any atom is -0.394 e. The van der Waals surface area contributed by atoms with Gasteiger partial charge in [0.05, 0.1) is 24.2 Å². The molecule has 142 valence electrons. The van der Waals surface area contributed by atoms with E-state index in [9.17, 15) is 8.42 Å². The van der Waals surface area contributed by atoms with E-state index < -0.39 is 16.1 Å². The van der Waals surface area contributed by atoms with Crippen LogP contribution in [0.2, 0.25) is 0 Å². The maximum Gasteiger partial charge on any atom is 0.240 e. The van der Waals surface area contributed by atoms with Gasteiger partial charge in [0.2, 0.25) is 10.0 Å². The van der Waals surface area contributed by atoms with Crippen LogP contribution in [0.15, 0.2) is 41.3 Å². The summed E-state index contributed by atoms with van der Waals surface area (Å²) in [6, 6.07) is 11.3. The number of nitrogens with one attached hydrogen (secondary N) is 1. The molecular formula is C20H27NO4S. The largest absolute Gasteiger partial charge is 0.394 e. The molecule has 0 spiro atoms. The van der Waals surface area contributed by atoms with Crippen LogP contribution in [0.1, 0.15) is 33.9 Å². The van der Waals surface area contributed by atoms with Gasteiger partial charge in [0.1, 0.15) is 0 Å². The minimum atomic E-state index is -3.66. The Balaban J connectivity index is 2.21. The standard InChI is InChI=1S/C20H27NO4S/c1-14-5-7-18(8-6-14)19(25-10-9-22)13-21-26(23,24)20-12-16(3)15(2)11-17(20)4/h5-8,11-12,19,21-22H,9-10,13H2,1-4H3. The maximum atomic E-state index is 12.8. The Hall–Kier alpha value is -1.73. The Morgan fingerprint density at radius 2 is 1.62 bits per heavy atom. The number of ether oxygens (including phenoxy) is 1. The number of aliphatic hydroxyl groups is 1. The summed E-state index contributed by atoms with van der Waals surface area (Å²) in [7, 11) is -3.66. The van der Waals surface area contributed by atoms with Crippen molar-refractivity contribution in [3.8, 4) is 0 Å². The highest BCUT2D eigenvalue weighted by molar-refractivity contribution is 7.89. The summed E-state index contributed by atoms with van der Waals surface area (Å²) in [5.41, 5.74) is 4.68. The molecule has 5 nitrogen and oxygen atoms in total. The number of hydrogen-bond acceptors (Lipinski definition) is 4. The van der Waals surface area contributed by atoms with E-state index in [-0.39, 0.29) is 24.7 Å². The first-order valence-electron chi connectivity index (χ1n) is 8.61. The first kappa shape index (κ1) is 20.6. The molecule has 0 aliphatic rings. The minimum absolute atomic E-state index is 0.0950. The van der Waals surface area contributed by atoms with Gasteiger partial charge >= 0.3 is 0 Å². The molecule has 0 aromatic heterocycles. The number of rotatable bonds is 8. The molecule has 0 saturated carbocycles. The van der Waals surface area contributed by atoms with Crippen LogP contribution in [0.5, 0.6) is 0 Å². The highest BCUT2D eigenvalue weighted by Gasteiger charge is 2.21. The fraction of sp³-hybridized carbons (Fsp3) is 0.400. The summed E-state index contributed by atoms with van der Waals surface area (Å²) in [6.45, 7) is 7.75. The second-order valence-electron chi connectivity index (χ2n) is 6.55. The summed E-state index contributed by atoms with van der Waals surface area (Å²) in [4.78, 5) is 0.283. The molecule has 1 atom stereocenters. The normalized spacial score (nSPS) is 13.0. The van der Waals surface area contributed by atoms with E-state index in [2.05, 4.69) is 4.72 Å². The summed E-state index contributed by atoms with van der Waals surface area (Å²) in [5, 5.41) is 9.04. The SMILES string of the molecule is Cc1ccc(C(CNS(=O)(=O)c2cc(C)c(C)cc2C)OCCO)cc1. The summed E-state index contributed by atoms with van der Waals surface area (Å²) >= 11 is 0. The maximum absolute atomic E-state index is 12.8. The lowest BCUT2D eigenvalue weighted by molar-refractivity contribution is 0.0309. The number of aliphatic hydroxyl groups excluding tert-OH is 1.